The quantitative estimate of drug-likeness (QED) is 0.883. The minimum Gasteiger partial charge on any atom is -0.475 e. The van der Waals surface area contributed by atoms with E-state index in [1.54, 1.807) is 4.90 Å². The van der Waals surface area contributed by atoms with Gasteiger partial charge in [-0.25, -0.2) is 4.79 Å². The smallest absolute Gasteiger partial charge is 0.371 e. The summed E-state index contributed by atoms with van der Waals surface area (Å²) in [4.78, 5) is 26.8. The molecule has 1 fully saturated rings. The first-order valence-corrected chi connectivity index (χ1v) is 6.19. The summed E-state index contributed by atoms with van der Waals surface area (Å²) < 4.78 is 5.05. The number of amides is 1. The molecule has 0 spiro atoms. The fourth-order valence-corrected chi connectivity index (χ4v) is 2.51. The molecule has 1 N–H and O–H groups in total. The minimum absolute atomic E-state index is 0.0870. The van der Waals surface area contributed by atoms with Crippen molar-refractivity contribution >= 4 is 11.9 Å². The lowest BCUT2D eigenvalue weighted by Gasteiger charge is -2.22. The van der Waals surface area contributed by atoms with Crippen LogP contribution >= 0.6 is 0 Å². The van der Waals surface area contributed by atoms with Crippen molar-refractivity contribution in [2.75, 3.05) is 27.2 Å². The molecule has 2 unspecified atom stereocenters. The van der Waals surface area contributed by atoms with Gasteiger partial charge in [-0.3, -0.25) is 4.79 Å². The minimum atomic E-state index is -1.17. The Morgan fingerprint density at radius 1 is 1.32 bits per heavy atom. The van der Waals surface area contributed by atoms with Gasteiger partial charge in [0.05, 0.1) is 0 Å². The highest BCUT2D eigenvalue weighted by Gasteiger charge is 2.35. The van der Waals surface area contributed by atoms with Gasteiger partial charge in [0.15, 0.2) is 5.76 Å². The van der Waals surface area contributed by atoms with E-state index in [9.17, 15) is 9.59 Å². The zero-order valence-corrected chi connectivity index (χ0v) is 11.3. The molecule has 1 saturated heterocycles. The Hall–Kier alpha value is -1.82. The molecule has 2 rings (SSSR count). The summed E-state index contributed by atoms with van der Waals surface area (Å²) in [5.74, 6) is -1.15. The standard InChI is InChI=1S/C13H18N2O4/c1-8-6-15(7-9(8)14(2)3)12(16)10-4-5-11(19-10)13(17)18/h4-5,8-9H,6-7H2,1-3H3,(H,17,18). The van der Waals surface area contributed by atoms with Crippen molar-refractivity contribution in [3.8, 4) is 0 Å². The van der Waals surface area contributed by atoms with Crippen LogP contribution in [0.5, 0.6) is 0 Å². The van der Waals surface area contributed by atoms with Crippen LogP contribution in [-0.2, 0) is 0 Å². The van der Waals surface area contributed by atoms with Crippen LogP contribution in [0.25, 0.3) is 0 Å². The summed E-state index contributed by atoms with van der Waals surface area (Å²) in [5.41, 5.74) is 0. The summed E-state index contributed by atoms with van der Waals surface area (Å²) in [6.07, 6.45) is 0. The van der Waals surface area contributed by atoms with E-state index in [2.05, 4.69) is 11.8 Å². The number of furan rings is 1. The molecule has 1 aromatic heterocycles. The van der Waals surface area contributed by atoms with Gasteiger partial charge in [-0.15, -0.1) is 0 Å². The predicted molar refractivity (Wildman–Crippen MR) is 68.2 cm³/mol. The van der Waals surface area contributed by atoms with E-state index in [-0.39, 0.29) is 17.4 Å². The molecular formula is C13H18N2O4. The molecule has 0 aliphatic carbocycles. The van der Waals surface area contributed by atoms with Gasteiger partial charge >= 0.3 is 5.97 Å². The molecule has 2 heterocycles. The first-order chi connectivity index (χ1) is 8.90. The van der Waals surface area contributed by atoms with Crippen LogP contribution in [0.4, 0.5) is 0 Å². The molecule has 19 heavy (non-hydrogen) atoms. The van der Waals surface area contributed by atoms with Crippen LogP contribution in [0.15, 0.2) is 16.5 Å². The van der Waals surface area contributed by atoms with Crippen molar-refractivity contribution in [1.82, 2.24) is 9.80 Å². The Bertz CT molecular complexity index is 495. The van der Waals surface area contributed by atoms with Crippen LogP contribution in [0.1, 0.15) is 28.0 Å². The molecule has 2 atom stereocenters. The number of likely N-dealkylation sites (tertiary alicyclic amines) is 1. The van der Waals surface area contributed by atoms with Gasteiger partial charge in [-0.2, -0.15) is 0 Å². The maximum atomic E-state index is 12.2. The zero-order valence-electron chi connectivity index (χ0n) is 11.3. The summed E-state index contributed by atoms with van der Waals surface area (Å²) in [7, 11) is 3.98. The molecule has 1 aliphatic heterocycles. The topological polar surface area (TPSA) is 74.0 Å². The maximum absolute atomic E-state index is 12.2. The van der Waals surface area contributed by atoms with E-state index >= 15 is 0 Å². The summed E-state index contributed by atoms with van der Waals surface area (Å²) in [6.45, 7) is 3.39. The van der Waals surface area contributed by atoms with Crippen LogP contribution in [-0.4, -0.2) is 60.0 Å². The highest BCUT2D eigenvalue weighted by atomic mass is 16.4. The van der Waals surface area contributed by atoms with E-state index in [0.717, 1.165) is 0 Å². The van der Waals surface area contributed by atoms with Gasteiger partial charge in [-0.05, 0) is 32.1 Å². The Kier molecular flexibility index (Phi) is 3.61. The molecule has 0 radical (unpaired) electrons. The third-order valence-corrected chi connectivity index (χ3v) is 3.55. The van der Waals surface area contributed by atoms with Gasteiger partial charge in [-0.1, -0.05) is 6.92 Å². The van der Waals surface area contributed by atoms with Gasteiger partial charge < -0.3 is 19.3 Å². The van der Waals surface area contributed by atoms with Crippen molar-refractivity contribution in [3.63, 3.8) is 0 Å². The largest absolute Gasteiger partial charge is 0.475 e. The number of hydrogen-bond donors (Lipinski definition) is 1. The average Bonchev–Trinajstić information content (AvgIpc) is 2.94. The fraction of sp³-hybridized carbons (Fsp3) is 0.538. The number of nitrogens with zero attached hydrogens (tertiary/aromatic N) is 2. The molecule has 0 saturated carbocycles. The Morgan fingerprint density at radius 2 is 1.95 bits per heavy atom. The molecule has 1 amide bonds. The van der Waals surface area contributed by atoms with Crippen LogP contribution < -0.4 is 0 Å². The van der Waals surface area contributed by atoms with Crippen LogP contribution in [0.2, 0.25) is 0 Å². The molecule has 1 aromatic rings. The van der Waals surface area contributed by atoms with E-state index in [1.165, 1.54) is 12.1 Å². The summed E-state index contributed by atoms with van der Waals surface area (Å²) in [6, 6.07) is 3.04. The lowest BCUT2D eigenvalue weighted by molar-refractivity contribution is 0.0652. The highest BCUT2D eigenvalue weighted by molar-refractivity contribution is 5.93. The first-order valence-electron chi connectivity index (χ1n) is 6.19. The van der Waals surface area contributed by atoms with Gasteiger partial charge in [0.2, 0.25) is 5.76 Å². The van der Waals surface area contributed by atoms with E-state index < -0.39 is 5.97 Å². The molecule has 6 nitrogen and oxygen atoms in total. The molecule has 1 aliphatic rings. The van der Waals surface area contributed by atoms with E-state index in [1.807, 2.05) is 14.1 Å². The number of likely N-dealkylation sites (N-methyl/N-ethyl adjacent to an activating group) is 1. The molecule has 6 heteroatoms. The molecule has 0 aromatic carbocycles. The summed E-state index contributed by atoms with van der Waals surface area (Å²) >= 11 is 0. The normalized spacial score (nSPS) is 23.1. The van der Waals surface area contributed by atoms with Crippen LogP contribution in [0.3, 0.4) is 0 Å². The zero-order chi connectivity index (χ0) is 14.2. The van der Waals surface area contributed by atoms with Gasteiger partial charge in [0.25, 0.3) is 5.91 Å². The second-order valence-electron chi connectivity index (χ2n) is 5.19. The van der Waals surface area contributed by atoms with E-state index in [0.29, 0.717) is 25.0 Å². The first kappa shape index (κ1) is 13.6. The number of aromatic carboxylic acids is 1. The average molecular weight is 266 g/mol. The van der Waals surface area contributed by atoms with Crippen molar-refractivity contribution in [1.29, 1.82) is 0 Å². The monoisotopic (exact) mass is 266 g/mol. The van der Waals surface area contributed by atoms with Crippen molar-refractivity contribution in [3.05, 3.63) is 23.7 Å². The number of hydrogen-bond acceptors (Lipinski definition) is 4. The second kappa shape index (κ2) is 5.05. The number of rotatable bonds is 3. The van der Waals surface area contributed by atoms with Crippen molar-refractivity contribution in [2.24, 2.45) is 5.92 Å². The SMILES string of the molecule is CC1CN(C(=O)c2ccc(C(=O)O)o2)CC1N(C)C. The Labute approximate surface area is 111 Å². The number of carboxylic acids is 1. The Morgan fingerprint density at radius 3 is 2.42 bits per heavy atom. The number of carboxylic acid groups (broad SMARTS) is 1. The highest BCUT2D eigenvalue weighted by Crippen LogP contribution is 2.22. The van der Waals surface area contributed by atoms with Crippen LogP contribution in [0, 0.1) is 5.92 Å². The van der Waals surface area contributed by atoms with Gasteiger partial charge in [0.1, 0.15) is 0 Å². The lowest BCUT2D eigenvalue weighted by atomic mass is 10.1. The molecular weight excluding hydrogens is 248 g/mol. The van der Waals surface area contributed by atoms with E-state index in [4.69, 9.17) is 9.52 Å². The predicted octanol–water partition coefficient (Wildman–Crippen LogP) is 1.000. The van der Waals surface area contributed by atoms with Gasteiger partial charge in [0, 0.05) is 19.1 Å². The molecule has 104 valence electrons. The van der Waals surface area contributed by atoms with Crippen molar-refractivity contribution < 1.29 is 19.1 Å². The maximum Gasteiger partial charge on any atom is 0.371 e. The second-order valence-corrected chi connectivity index (χ2v) is 5.19. The third-order valence-electron chi connectivity index (χ3n) is 3.55. The third kappa shape index (κ3) is 2.63. The Balaban J connectivity index is 2.10. The summed E-state index contributed by atoms with van der Waals surface area (Å²) in [5, 5.41) is 8.78. The lowest BCUT2D eigenvalue weighted by Crippen LogP contribution is -2.35. The number of carbonyl (C=O) groups excluding carboxylic acids is 1. The fourth-order valence-electron chi connectivity index (χ4n) is 2.51. The van der Waals surface area contributed by atoms with Crippen molar-refractivity contribution in [2.45, 2.75) is 13.0 Å². The number of carbonyl (C=O) groups is 2. The molecule has 0 bridgehead atoms.